The van der Waals surface area contributed by atoms with Crippen LogP contribution in [0.3, 0.4) is 0 Å². The first-order chi connectivity index (χ1) is 8.56. The minimum absolute atomic E-state index is 0.0656. The third-order valence-electron chi connectivity index (χ3n) is 3.39. The van der Waals surface area contributed by atoms with E-state index in [0.717, 1.165) is 31.7 Å². The largest absolute Gasteiger partial charge is 0.508 e. The molecule has 2 N–H and O–H groups in total. The van der Waals surface area contributed by atoms with Crippen LogP contribution in [-0.2, 0) is 0 Å². The summed E-state index contributed by atoms with van der Waals surface area (Å²) >= 11 is 5.91. The van der Waals surface area contributed by atoms with Crippen molar-refractivity contribution in [3.63, 3.8) is 0 Å². The van der Waals surface area contributed by atoms with Gasteiger partial charge in [-0.3, -0.25) is 4.79 Å². The Hall–Kier alpha value is -1.29. The van der Waals surface area contributed by atoms with Crippen LogP contribution in [0.2, 0.25) is 0 Å². The van der Waals surface area contributed by atoms with Crippen LogP contribution in [0.15, 0.2) is 18.2 Å². The van der Waals surface area contributed by atoms with E-state index in [1.807, 2.05) is 0 Å². The molecule has 0 heterocycles. The summed E-state index contributed by atoms with van der Waals surface area (Å²) in [5.74, 6) is -1.07. The highest BCUT2D eigenvalue weighted by molar-refractivity contribution is 6.19. The predicted molar refractivity (Wildman–Crippen MR) is 67.5 cm³/mol. The number of alkyl halides is 1. The second-order valence-corrected chi connectivity index (χ2v) is 5.01. The summed E-state index contributed by atoms with van der Waals surface area (Å²) in [6, 6.07) is 3.49. The smallest absolute Gasteiger partial charge is 0.254 e. The van der Waals surface area contributed by atoms with Gasteiger partial charge < -0.3 is 10.4 Å². The number of hydrogen-bond donors (Lipinski definition) is 2. The number of carbonyl (C=O) groups is 1. The molecule has 0 radical (unpaired) electrons. The van der Waals surface area contributed by atoms with Crippen molar-refractivity contribution in [2.24, 2.45) is 0 Å². The van der Waals surface area contributed by atoms with Gasteiger partial charge in [0, 0.05) is 11.9 Å². The van der Waals surface area contributed by atoms with Crippen LogP contribution in [-0.4, -0.2) is 22.4 Å². The van der Waals surface area contributed by atoms with Crippen molar-refractivity contribution in [2.45, 2.75) is 31.2 Å². The third kappa shape index (κ3) is 2.58. The summed E-state index contributed by atoms with van der Waals surface area (Å²) in [6.07, 6.45) is 3.68. The van der Waals surface area contributed by atoms with Gasteiger partial charge in [0.25, 0.3) is 5.91 Å². The van der Waals surface area contributed by atoms with Gasteiger partial charge in [-0.15, -0.1) is 11.6 Å². The minimum Gasteiger partial charge on any atom is -0.508 e. The molecule has 0 aliphatic heterocycles. The number of rotatable bonds is 3. The number of aromatic hydroxyl groups is 1. The van der Waals surface area contributed by atoms with E-state index in [9.17, 15) is 9.18 Å². The zero-order valence-electron chi connectivity index (χ0n) is 9.88. The first kappa shape index (κ1) is 13.1. The van der Waals surface area contributed by atoms with Crippen LogP contribution < -0.4 is 5.32 Å². The molecule has 18 heavy (non-hydrogen) atoms. The number of halogens is 2. The van der Waals surface area contributed by atoms with E-state index in [4.69, 9.17) is 16.7 Å². The van der Waals surface area contributed by atoms with E-state index >= 15 is 0 Å². The fourth-order valence-corrected chi connectivity index (χ4v) is 2.67. The Kier molecular flexibility index (Phi) is 3.76. The Morgan fingerprint density at radius 1 is 1.44 bits per heavy atom. The topological polar surface area (TPSA) is 49.3 Å². The number of hydrogen-bond acceptors (Lipinski definition) is 2. The molecule has 5 heteroatoms. The predicted octanol–water partition coefficient (Wildman–Crippen LogP) is 2.81. The molecule has 1 aliphatic carbocycles. The molecular weight excluding hydrogens is 257 g/mol. The second-order valence-electron chi connectivity index (χ2n) is 4.74. The number of amides is 1. The van der Waals surface area contributed by atoms with Crippen molar-refractivity contribution >= 4 is 17.5 Å². The molecule has 0 atom stereocenters. The van der Waals surface area contributed by atoms with Crippen molar-refractivity contribution in [1.29, 1.82) is 0 Å². The zero-order chi connectivity index (χ0) is 13.2. The lowest BCUT2D eigenvalue weighted by molar-refractivity contribution is 0.0905. The molecule has 3 nitrogen and oxygen atoms in total. The lowest BCUT2D eigenvalue weighted by Gasteiger charge is -2.27. The fourth-order valence-electron chi connectivity index (χ4n) is 2.34. The quantitative estimate of drug-likeness (QED) is 0.831. The Morgan fingerprint density at radius 2 is 2.11 bits per heavy atom. The van der Waals surface area contributed by atoms with Gasteiger partial charge in [0.15, 0.2) is 0 Å². The molecule has 1 aliphatic rings. The number of phenolic OH excluding ortho intramolecular Hbond substituents is 1. The average molecular weight is 272 g/mol. The lowest BCUT2D eigenvalue weighted by Crippen LogP contribution is -2.48. The molecule has 0 aromatic heterocycles. The molecule has 1 fully saturated rings. The SMILES string of the molecule is O=C(NC1(CCl)CCCC1)c1ccc(O)cc1F. The Bertz CT molecular complexity index is 458. The molecule has 1 saturated carbocycles. The summed E-state index contributed by atoms with van der Waals surface area (Å²) in [5, 5.41) is 11.9. The Balaban J connectivity index is 2.16. The number of nitrogens with one attached hydrogen (secondary N) is 1. The van der Waals surface area contributed by atoms with Gasteiger partial charge in [0.05, 0.1) is 11.1 Å². The van der Waals surface area contributed by atoms with E-state index in [1.165, 1.54) is 12.1 Å². The van der Waals surface area contributed by atoms with Crippen molar-refractivity contribution in [3.05, 3.63) is 29.6 Å². The van der Waals surface area contributed by atoms with E-state index < -0.39 is 17.3 Å². The van der Waals surface area contributed by atoms with Crippen molar-refractivity contribution in [3.8, 4) is 5.75 Å². The van der Waals surface area contributed by atoms with Gasteiger partial charge in [-0.05, 0) is 25.0 Å². The van der Waals surface area contributed by atoms with Crippen molar-refractivity contribution < 1.29 is 14.3 Å². The first-order valence-electron chi connectivity index (χ1n) is 5.93. The summed E-state index contributed by atoms with van der Waals surface area (Å²) < 4.78 is 13.5. The highest BCUT2D eigenvalue weighted by Crippen LogP contribution is 2.31. The molecule has 0 bridgehead atoms. The van der Waals surface area contributed by atoms with Gasteiger partial charge in [-0.25, -0.2) is 4.39 Å². The molecule has 0 saturated heterocycles. The van der Waals surface area contributed by atoms with Gasteiger partial charge in [-0.2, -0.15) is 0 Å². The Labute approximate surface area is 110 Å². The van der Waals surface area contributed by atoms with Crippen LogP contribution in [0.1, 0.15) is 36.0 Å². The highest BCUT2D eigenvalue weighted by atomic mass is 35.5. The molecule has 2 rings (SSSR count). The van der Waals surface area contributed by atoms with Crippen LogP contribution in [0.5, 0.6) is 5.75 Å². The molecule has 1 aromatic rings. The van der Waals surface area contributed by atoms with Gasteiger partial charge >= 0.3 is 0 Å². The van der Waals surface area contributed by atoms with Gasteiger partial charge in [0.2, 0.25) is 0 Å². The second kappa shape index (κ2) is 5.14. The first-order valence-corrected chi connectivity index (χ1v) is 6.47. The molecular formula is C13H15ClFNO2. The van der Waals surface area contributed by atoms with E-state index in [0.29, 0.717) is 5.88 Å². The average Bonchev–Trinajstić information content (AvgIpc) is 2.78. The van der Waals surface area contributed by atoms with E-state index in [-0.39, 0.29) is 11.3 Å². The number of phenols is 1. The fraction of sp³-hybridized carbons (Fsp3) is 0.462. The number of benzene rings is 1. The molecule has 0 unspecified atom stereocenters. The lowest BCUT2D eigenvalue weighted by atomic mass is 9.99. The standard InChI is InChI=1S/C13H15ClFNO2/c14-8-13(5-1-2-6-13)16-12(18)10-4-3-9(17)7-11(10)15/h3-4,7,17H,1-2,5-6,8H2,(H,16,18). The van der Waals surface area contributed by atoms with Gasteiger partial charge in [0.1, 0.15) is 11.6 Å². The molecule has 98 valence electrons. The van der Waals surface area contributed by atoms with Gasteiger partial charge in [-0.1, -0.05) is 12.8 Å². The monoisotopic (exact) mass is 271 g/mol. The van der Waals surface area contributed by atoms with Crippen LogP contribution in [0.4, 0.5) is 4.39 Å². The molecule has 1 amide bonds. The maximum absolute atomic E-state index is 13.5. The number of carbonyl (C=O) groups excluding carboxylic acids is 1. The van der Waals surface area contributed by atoms with E-state index in [2.05, 4.69) is 5.32 Å². The zero-order valence-corrected chi connectivity index (χ0v) is 10.6. The van der Waals surface area contributed by atoms with Crippen LogP contribution in [0.25, 0.3) is 0 Å². The highest BCUT2D eigenvalue weighted by Gasteiger charge is 2.35. The minimum atomic E-state index is -0.727. The van der Waals surface area contributed by atoms with Crippen LogP contribution >= 0.6 is 11.6 Å². The summed E-state index contributed by atoms with van der Waals surface area (Å²) in [4.78, 5) is 12.0. The van der Waals surface area contributed by atoms with Crippen molar-refractivity contribution in [1.82, 2.24) is 5.32 Å². The summed E-state index contributed by atoms with van der Waals surface area (Å²) in [5.41, 5.74) is -0.479. The Morgan fingerprint density at radius 3 is 2.67 bits per heavy atom. The van der Waals surface area contributed by atoms with Crippen LogP contribution in [0, 0.1) is 5.82 Å². The maximum Gasteiger partial charge on any atom is 0.254 e. The maximum atomic E-state index is 13.5. The van der Waals surface area contributed by atoms with Crippen molar-refractivity contribution in [2.75, 3.05) is 5.88 Å². The molecule has 0 spiro atoms. The summed E-state index contributed by atoms with van der Waals surface area (Å²) in [7, 11) is 0. The molecule has 1 aromatic carbocycles. The third-order valence-corrected chi connectivity index (χ3v) is 3.90. The van der Waals surface area contributed by atoms with E-state index in [1.54, 1.807) is 0 Å². The normalized spacial score (nSPS) is 17.7. The summed E-state index contributed by atoms with van der Waals surface area (Å²) in [6.45, 7) is 0.